The van der Waals surface area contributed by atoms with Crippen molar-refractivity contribution in [3.63, 3.8) is 0 Å². The Balaban J connectivity index is 3.92. The smallest absolute Gasteiger partial charge is 0.313 e. The number of Topliss-reactive ketones (excluding diaryl/α,β-unsaturated/α-hetero) is 1. The van der Waals surface area contributed by atoms with Crippen LogP contribution in [0.2, 0.25) is 0 Å². The van der Waals surface area contributed by atoms with Crippen LogP contribution in [0, 0.1) is 0 Å². The molecule has 0 spiro atoms. The summed E-state index contributed by atoms with van der Waals surface area (Å²) in [6.45, 7) is 3.75. The zero-order chi connectivity index (χ0) is 11.8. The van der Waals surface area contributed by atoms with E-state index in [1.165, 1.54) is 0 Å². The Morgan fingerprint density at radius 1 is 1.13 bits per heavy atom. The van der Waals surface area contributed by atoms with Crippen molar-refractivity contribution in [2.24, 2.45) is 0 Å². The minimum absolute atomic E-state index is 0.185. The molecule has 0 aromatic rings. The van der Waals surface area contributed by atoms with Crippen LogP contribution in [0.5, 0.6) is 0 Å². The number of carbonyl (C=O) groups is 3. The fourth-order valence-corrected chi connectivity index (χ4v) is 1.08. The number of carbonyl (C=O) groups excluding carboxylic acids is 2. The van der Waals surface area contributed by atoms with E-state index in [4.69, 9.17) is 9.84 Å². The highest BCUT2D eigenvalue weighted by atomic mass is 16.5. The summed E-state index contributed by atoms with van der Waals surface area (Å²) in [5, 5.41) is 8.30. The average Bonchev–Trinajstić information content (AvgIpc) is 2.12. The molecule has 0 radical (unpaired) electrons. The molecule has 1 N–H and O–H groups in total. The quantitative estimate of drug-likeness (QED) is 0.510. The maximum Gasteiger partial charge on any atom is 0.313 e. The molecule has 0 aromatic heterocycles. The minimum Gasteiger partial charge on any atom is -0.481 e. The topological polar surface area (TPSA) is 80.7 Å². The standard InChI is InChI=1S/C10H16O5/c1-3-8(4-2)15-10(14)6-7(11)5-9(12)13/h8H,3-6H2,1-2H3,(H,12,13). The minimum atomic E-state index is -1.23. The predicted molar refractivity (Wildman–Crippen MR) is 52.3 cm³/mol. The maximum absolute atomic E-state index is 11.1. The summed E-state index contributed by atoms with van der Waals surface area (Å²) in [7, 11) is 0. The lowest BCUT2D eigenvalue weighted by atomic mass is 10.2. The van der Waals surface area contributed by atoms with E-state index in [-0.39, 0.29) is 6.10 Å². The highest BCUT2D eigenvalue weighted by Crippen LogP contribution is 2.05. The first-order valence-corrected chi connectivity index (χ1v) is 4.92. The number of rotatable bonds is 7. The molecule has 0 fully saturated rings. The molecule has 0 aromatic carbocycles. The van der Waals surface area contributed by atoms with Crippen molar-refractivity contribution in [1.29, 1.82) is 0 Å². The van der Waals surface area contributed by atoms with Gasteiger partial charge < -0.3 is 9.84 Å². The van der Waals surface area contributed by atoms with Crippen LogP contribution in [-0.2, 0) is 19.1 Å². The van der Waals surface area contributed by atoms with Crippen molar-refractivity contribution in [3.05, 3.63) is 0 Å². The van der Waals surface area contributed by atoms with Gasteiger partial charge in [-0.15, -0.1) is 0 Å². The average molecular weight is 216 g/mol. The molecule has 0 amide bonds. The van der Waals surface area contributed by atoms with Gasteiger partial charge in [-0.05, 0) is 12.8 Å². The van der Waals surface area contributed by atoms with Crippen molar-refractivity contribution in [3.8, 4) is 0 Å². The Bertz CT molecular complexity index is 242. The van der Waals surface area contributed by atoms with Crippen LogP contribution in [0.25, 0.3) is 0 Å². The Labute approximate surface area is 88.4 Å². The third kappa shape index (κ3) is 6.65. The van der Waals surface area contributed by atoms with Gasteiger partial charge in [0.15, 0.2) is 5.78 Å². The molecule has 0 unspecified atom stereocenters. The van der Waals surface area contributed by atoms with E-state index in [1.54, 1.807) is 0 Å². The molecule has 0 aliphatic carbocycles. The second-order valence-electron chi connectivity index (χ2n) is 3.21. The Hall–Kier alpha value is -1.39. The van der Waals surface area contributed by atoms with Crippen molar-refractivity contribution < 1.29 is 24.2 Å². The monoisotopic (exact) mass is 216 g/mol. The molecule has 5 nitrogen and oxygen atoms in total. The summed E-state index contributed by atoms with van der Waals surface area (Å²) < 4.78 is 4.95. The molecule has 0 saturated carbocycles. The van der Waals surface area contributed by atoms with E-state index < -0.39 is 30.6 Å². The number of aliphatic carboxylic acids is 1. The lowest BCUT2D eigenvalue weighted by Crippen LogP contribution is -2.20. The summed E-state index contributed by atoms with van der Waals surface area (Å²) in [6.07, 6.45) is 0.112. The maximum atomic E-state index is 11.1. The number of ether oxygens (including phenoxy) is 1. The Morgan fingerprint density at radius 3 is 2.07 bits per heavy atom. The molecule has 0 rings (SSSR count). The van der Waals surface area contributed by atoms with Crippen LogP contribution in [0.4, 0.5) is 0 Å². The van der Waals surface area contributed by atoms with E-state index in [1.807, 2.05) is 13.8 Å². The van der Waals surface area contributed by atoms with E-state index >= 15 is 0 Å². The highest BCUT2D eigenvalue weighted by molar-refractivity contribution is 6.03. The van der Waals surface area contributed by atoms with Crippen LogP contribution in [0.15, 0.2) is 0 Å². The van der Waals surface area contributed by atoms with Crippen molar-refractivity contribution in [1.82, 2.24) is 0 Å². The molecular weight excluding hydrogens is 200 g/mol. The number of carboxylic acids is 1. The van der Waals surface area contributed by atoms with Gasteiger partial charge in [-0.3, -0.25) is 14.4 Å². The molecule has 0 atom stereocenters. The number of ketones is 1. The summed E-state index contributed by atoms with van der Waals surface area (Å²) in [5.74, 6) is -2.50. The van der Waals surface area contributed by atoms with Gasteiger partial charge in [-0.1, -0.05) is 13.8 Å². The fourth-order valence-electron chi connectivity index (χ4n) is 1.08. The van der Waals surface area contributed by atoms with E-state index in [2.05, 4.69) is 0 Å². The number of esters is 1. The van der Waals surface area contributed by atoms with Crippen molar-refractivity contribution in [2.75, 3.05) is 0 Å². The first-order valence-electron chi connectivity index (χ1n) is 4.92. The number of carboxylic acid groups (broad SMARTS) is 1. The molecule has 5 heteroatoms. The van der Waals surface area contributed by atoms with Gasteiger partial charge in [0.25, 0.3) is 0 Å². The fraction of sp³-hybridized carbons (Fsp3) is 0.700. The van der Waals surface area contributed by atoms with Gasteiger partial charge >= 0.3 is 11.9 Å². The van der Waals surface area contributed by atoms with Gasteiger partial charge in [0, 0.05) is 0 Å². The van der Waals surface area contributed by atoms with Crippen LogP contribution in [0.1, 0.15) is 39.5 Å². The van der Waals surface area contributed by atoms with Crippen LogP contribution in [-0.4, -0.2) is 28.9 Å². The third-order valence-corrected chi connectivity index (χ3v) is 1.90. The first kappa shape index (κ1) is 13.6. The molecule has 0 aliphatic heterocycles. The van der Waals surface area contributed by atoms with Gasteiger partial charge in [-0.25, -0.2) is 0 Å². The molecule has 15 heavy (non-hydrogen) atoms. The summed E-state index contributed by atoms with van der Waals surface area (Å²) in [4.78, 5) is 32.2. The van der Waals surface area contributed by atoms with Crippen LogP contribution < -0.4 is 0 Å². The highest BCUT2D eigenvalue weighted by Gasteiger charge is 2.16. The lowest BCUT2D eigenvalue weighted by Gasteiger charge is -2.13. The second-order valence-corrected chi connectivity index (χ2v) is 3.21. The molecule has 0 bridgehead atoms. The zero-order valence-electron chi connectivity index (χ0n) is 8.99. The lowest BCUT2D eigenvalue weighted by molar-refractivity contribution is -0.151. The largest absolute Gasteiger partial charge is 0.481 e. The predicted octanol–water partition coefficient (Wildman–Crippen LogP) is 1.15. The van der Waals surface area contributed by atoms with Gasteiger partial charge in [0.1, 0.15) is 18.9 Å². The number of hydrogen-bond acceptors (Lipinski definition) is 4. The van der Waals surface area contributed by atoms with Crippen LogP contribution in [0.3, 0.4) is 0 Å². The third-order valence-electron chi connectivity index (χ3n) is 1.90. The molecule has 0 saturated heterocycles. The van der Waals surface area contributed by atoms with Gasteiger partial charge in [0.05, 0.1) is 0 Å². The SMILES string of the molecule is CCC(CC)OC(=O)CC(=O)CC(=O)O. The summed E-state index contributed by atoms with van der Waals surface area (Å²) in [5.41, 5.74) is 0. The molecule has 0 heterocycles. The molecule has 0 aliphatic rings. The van der Waals surface area contributed by atoms with Gasteiger partial charge in [-0.2, -0.15) is 0 Å². The van der Waals surface area contributed by atoms with E-state index in [0.717, 1.165) is 0 Å². The van der Waals surface area contributed by atoms with Crippen molar-refractivity contribution in [2.45, 2.75) is 45.6 Å². The van der Waals surface area contributed by atoms with Gasteiger partial charge in [0.2, 0.25) is 0 Å². The molecule has 86 valence electrons. The van der Waals surface area contributed by atoms with Crippen LogP contribution >= 0.6 is 0 Å². The van der Waals surface area contributed by atoms with E-state index in [9.17, 15) is 14.4 Å². The Kier molecular flexibility index (Phi) is 6.33. The Morgan fingerprint density at radius 2 is 1.67 bits per heavy atom. The van der Waals surface area contributed by atoms with E-state index in [0.29, 0.717) is 12.8 Å². The first-order chi connectivity index (χ1) is 6.99. The molecular formula is C10H16O5. The second kappa shape index (κ2) is 6.98. The zero-order valence-corrected chi connectivity index (χ0v) is 8.99. The summed E-state index contributed by atoms with van der Waals surface area (Å²) >= 11 is 0. The van der Waals surface area contributed by atoms with Crippen molar-refractivity contribution >= 4 is 17.7 Å². The summed E-state index contributed by atoms with van der Waals surface area (Å²) in [6, 6.07) is 0. The number of hydrogen-bond donors (Lipinski definition) is 1. The normalized spacial score (nSPS) is 10.1.